The van der Waals surface area contributed by atoms with Crippen molar-refractivity contribution in [1.29, 1.82) is 0 Å². The predicted molar refractivity (Wildman–Crippen MR) is 70.0 cm³/mol. The number of amides is 3. The summed E-state index contributed by atoms with van der Waals surface area (Å²) in [6.07, 6.45) is 1.43. The second-order valence-electron chi connectivity index (χ2n) is 4.17. The molecule has 0 saturated carbocycles. The highest BCUT2D eigenvalue weighted by atomic mass is 16.5. The first-order chi connectivity index (χ1) is 9.97. The van der Waals surface area contributed by atoms with Crippen LogP contribution >= 0.6 is 0 Å². The average molecular weight is 296 g/mol. The van der Waals surface area contributed by atoms with Crippen molar-refractivity contribution in [1.82, 2.24) is 10.6 Å². The molecule has 1 heterocycles. The number of esters is 1. The van der Waals surface area contributed by atoms with E-state index in [1.165, 1.54) is 13.2 Å². The predicted octanol–water partition coefficient (Wildman–Crippen LogP) is 0.518. The molecule has 1 aromatic heterocycles. The molecule has 2 N–H and O–H groups in total. The smallest absolute Gasteiger partial charge is 0.321 e. The number of nitrogens with one attached hydrogen (secondary N) is 2. The largest absolute Gasteiger partial charge is 0.467 e. The van der Waals surface area contributed by atoms with Crippen LogP contribution in [0.2, 0.25) is 0 Å². The van der Waals surface area contributed by atoms with Gasteiger partial charge in [0, 0.05) is 6.42 Å². The molecule has 0 spiro atoms. The van der Waals surface area contributed by atoms with E-state index >= 15 is 0 Å². The van der Waals surface area contributed by atoms with Gasteiger partial charge in [-0.25, -0.2) is 4.79 Å². The molecule has 8 nitrogen and oxygen atoms in total. The lowest BCUT2D eigenvalue weighted by Gasteiger charge is -2.06. The molecule has 0 saturated heterocycles. The first-order valence-electron chi connectivity index (χ1n) is 6.22. The van der Waals surface area contributed by atoms with Crippen LogP contribution in [-0.4, -0.2) is 30.3 Å². The van der Waals surface area contributed by atoms with Gasteiger partial charge in [0.25, 0.3) is 5.91 Å². The third-order valence-electron chi connectivity index (χ3n) is 2.30. The van der Waals surface area contributed by atoms with Crippen LogP contribution in [0.25, 0.3) is 0 Å². The fourth-order valence-corrected chi connectivity index (χ4v) is 1.28. The van der Waals surface area contributed by atoms with Crippen molar-refractivity contribution >= 4 is 23.7 Å². The van der Waals surface area contributed by atoms with Gasteiger partial charge in [-0.15, -0.1) is 0 Å². The zero-order valence-electron chi connectivity index (χ0n) is 11.5. The average Bonchev–Trinajstić information content (AvgIpc) is 2.94. The number of hydrogen-bond acceptors (Lipinski definition) is 6. The van der Waals surface area contributed by atoms with E-state index in [0.717, 1.165) is 0 Å². The normalized spacial score (nSPS) is 9.76. The van der Waals surface area contributed by atoms with Gasteiger partial charge >= 0.3 is 12.0 Å². The maximum absolute atomic E-state index is 11.3. The van der Waals surface area contributed by atoms with Crippen LogP contribution in [0.3, 0.4) is 0 Å². The maximum atomic E-state index is 11.3. The van der Waals surface area contributed by atoms with Gasteiger partial charge < -0.3 is 19.3 Å². The fraction of sp³-hybridized carbons (Fsp3) is 0.385. The summed E-state index contributed by atoms with van der Waals surface area (Å²) in [7, 11) is 0. The number of carbonyl (C=O) groups excluding carboxylic acids is 4. The molecule has 0 aliphatic rings. The van der Waals surface area contributed by atoms with Gasteiger partial charge in [0.1, 0.15) is 11.5 Å². The molecule has 0 aliphatic carbocycles. The molecule has 1 rings (SSSR count). The Bertz CT molecular complexity index is 509. The van der Waals surface area contributed by atoms with Crippen molar-refractivity contribution in [2.24, 2.45) is 0 Å². The third kappa shape index (κ3) is 7.51. The Balaban J connectivity index is 2.16. The molecule has 0 bridgehead atoms. The molecule has 8 heteroatoms. The Morgan fingerprint density at radius 1 is 1.24 bits per heavy atom. The topological polar surface area (TPSA) is 115 Å². The van der Waals surface area contributed by atoms with E-state index in [1.54, 1.807) is 12.1 Å². The Morgan fingerprint density at radius 2 is 2.00 bits per heavy atom. The first kappa shape index (κ1) is 16.4. The van der Waals surface area contributed by atoms with Crippen LogP contribution in [0.5, 0.6) is 0 Å². The van der Waals surface area contributed by atoms with Gasteiger partial charge in [-0.1, -0.05) is 0 Å². The van der Waals surface area contributed by atoms with E-state index in [9.17, 15) is 19.2 Å². The van der Waals surface area contributed by atoms with Crippen LogP contribution in [0, 0.1) is 0 Å². The van der Waals surface area contributed by atoms with Crippen molar-refractivity contribution in [2.45, 2.75) is 26.3 Å². The highest BCUT2D eigenvalue weighted by Gasteiger charge is 2.11. The molecule has 0 aliphatic heterocycles. The van der Waals surface area contributed by atoms with Gasteiger partial charge in [0.05, 0.1) is 19.2 Å². The number of ether oxygens (including phenoxy) is 1. The molecular weight excluding hydrogens is 280 g/mol. The molecule has 114 valence electrons. The molecule has 0 atom stereocenters. The molecule has 1 aromatic rings. The van der Waals surface area contributed by atoms with E-state index in [1.807, 2.05) is 5.32 Å². The second kappa shape index (κ2) is 8.51. The number of Topliss-reactive ketones (excluding diaryl/α,β-unsaturated/α-hetero) is 1. The summed E-state index contributed by atoms with van der Waals surface area (Å²) in [6.45, 7) is 0.902. The standard InChI is InChI=1S/C13H16N2O6/c1-9(16)4-5-12(18)21-8-11(17)15-13(19)14-7-10-3-2-6-20-10/h2-3,6H,4-5,7-8H2,1H3,(H2,14,15,17,19). The number of furan rings is 1. The van der Waals surface area contributed by atoms with E-state index < -0.39 is 24.5 Å². The molecule has 0 radical (unpaired) electrons. The second-order valence-corrected chi connectivity index (χ2v) is 4.17. The highest BCUT2D eigenvalue weighted by molar-refractivity contribution is 5.95. The maximum Gasteiger partial charge on any atom is 0.321 e. The van der Waals surface area contributed by atoms with Crippen LogP contribution in [0.15, 0.2) is 22.8 Å². The number of urea groups is 1. The summed E-state index contributed by atoms with van der Waals surface area (Å²) >= 11 is 0. The first-order valence-corrected chi connectivity index (χ1v) is 6.22. The minimum atomic E-state index is -0.761. The van der Waals surface area contributed by atoms with Gasteiger partial charge in [-0.3, -0.25) is 14.9 Å². The summed E-state index contributed by atoms with van der Waals surface area (Å²) in [5.74, 6) is -1.04. The van der Waals surface area contributed by atoms with Crippen molar-refractivity contribution < 1.29 is 28.3 Å². The quantitative estimate of drug-likeness (QED) is 0.709. The molecule has 0 fully saturated rings. The van der Waals surface area contributed by atoms with Crippen LogP contribution < -0.4 is 10.6 Å². The lowest BCUT2D eigenvalue weighted by Crippen LogP contribution is -2.41. The van der Waals surface area contributed by atoms with Crippen LogP contribution in [0.4, 0.5) is 4.79 Å². The van der Waals surface area contributed by atoms with E-state index in [2.05, 4.69) is 10.1 Å². The Labute approximate surface area is 120 Å². The summed E-state index contributed by atoms with van der Waals surface area (Å²) < 4.78 is 9.59. The third-order valence-corrected chi connectivity index (χ3v) is 2.30. The molecular formula is C13H16N2O6. The molecule has 0 unspecified atom stereocenters. The summed E-state index contributed by atoms with van der Waals surface area (Å²) in [5.41, 5.74) is 0. The van der Waals surface area contributed by atoms with Gasteiger partial charge in [0.2, 0.25) is 0 Å². The highest BCUT2D eigenvalue weighted by Crippen LogP contribution is 1.98. The van der Waals surface area contributed by atoms with Gasteiger partial charge in [0.15, 0.2) is 6.61 Å². The zero-order chi connectivity index (χ0) is 15.7. The number of rotatable bonds is 7. The van der Waals surface area contributed by atoms with Crippen molar-refractivity contribution in [3.63, 3.8) is 0 Å². The van der Waals surface area contributed by atoms with Crippen LogP contribution in [-0.2, 0) is 25.7 Å². The Hall–Kier alpha value is -2.64. The SMILES string of the molecule is CC(=O)CCC(=O)OCC(=O)NC(=O)NCc1ccco1. The van der Waals surface area contributed by atoms with E-state index in [4.69, 9.17) is 4.42 Å². The van der Waals surface area contributed by atoms with E-state index in [-0.39, 0.29) is 25.2 Å². The minimum absolute atomic E-state index is 0.0596. The Morgan fingerprint density at radius 3 is 2.62 bits per heavy atom. The zero-order valence-corrected chi connectivity index (χ0v) is 11.5. The fourth-order valence-electron chi connectivity index (χ4n) is 1.28. The molecule has 0 aromatic carbocycles. The minimum Gasteiger partial charge on any atom is -0.467 e. The number of hydrogen-bond donors (Lipinski definition) is 2. The summed E-state index contributed by atoms with van der Waals surface area (Å²) in [5, 5.41) is 4.38. The molecule has 3 amide bonds. The monoisotopic (exact) mass is 296 g/mol. The van der Waals surface area contributed by atoms with Crippen molar-refractivity contribution in [2.75, 3.05) is 6.61 Å². The number of ketones is 1. The lowest BCUT2D eigenvalue weighted by molar-refractivity contribution is -0.148. The summed E-state index contributed by atoms with van der Waals surface area (Å²) in [4.78, 5) is 44.5. The lowest BCUT2D eigenvalue weighted by atomic mass is 10.2. The number of imide groups is 1. The Kier molecular flexibility index (Phi) is 6.66. The molecule has 21 heavy (non-hydrogen) atoms. The van der Waals surface area contributed by atoms with Gasteiger partial charge in [-0.05, 0) is 19.1 Å². The van der Waals surface area contributed by atoms with Crippen LogP contribution in [0.1, 0.15) is 25.5 Å². The van der Waals surface area contributed by atoms with Crippen molar-refractivity contribution in [3.05, 3.63) is 24.2 Å². The van der Waals surface area contributed by atoms with Gasteiger partial charge in [-0.2, -0.15) is 0 Å². The van der Waals surface area contributed by atoms with Crippen molar-refractivity contribution in [3.8, 4) is 0 Å². The summed E-state index contributed by atoms with van der Waals surface area (Å²) in [6, 6.07) is 2.61. The van der Waals surface area contributed by atoms with E-state index in [0.29, 0.717) is 5.76 Å². The number of carbonyl (C=O) groups is 4.